The summed E-state index contributed by atoms with van der Waals surface area (Å²) in [5.41, 5.74) is 5.38. The molecule has 0 unspecified atom stereocenters. The molecule has 0 heterocycles. The number of hydrogen-bond acceptors (Lipinski definition) is 5. The maximum Gasteiger partial charge on any atom is 0.188 e. The molecule has 34 heavy (non-hydrogen) atoms. The first-order valence-corrected chi connectivity index (χ1v) is 12.2. The van der Waals surface area contributed by atoms with Crippen molar-refractivity contribution in [1.29, 1.82) is 0 Å². The van der Waals surface area contributed by atoms with Gasteiger partial charge in [0.15, 0.2) is 6.79 Å². The Morgan fingerprint density at radius 3 is 2.26 bits per heavy atom. The fraction of sp³-hybridized carbons (Fsp3) is 0.483. The van der Waals surface area contributed by atoms with Crippen LogP contribution in [0.1, 0.15) is 55.2 Å². The van der Waals surface area contributed by atoms with Crippen molar-refractivity contribution < 1.29 is 24.1 Å². The minimum Gasteiger partial charge on any atom is -0.545 e. The number of ether oxygens (including phenoxy) is 3. The first-order valence-electron chi connectivity index (χ1n) is 12.2. The average Bonchev–Trinajstić information content (AvgIpc) is 2.80. The number of carboxylic acids is 1. The fourth-order valence-corrected chi connectivity index (χ4v) is 7.27. The third-order valence-corrected chi connectivity index (χ3v) is 8.19. The Kier molecular flexibility index (Phi) is 6.15. The van der Waals surface area contributed by atoms with E-state index in [1.165, 1.54) is 44.1 Å². The minimum absolute atomic E-state index is 0.137. The van der Waals surface area contributed by atoms with Crippen LogP contribution in [0.25, 0.3) is 17.2 Å². The second-order valence-electron chi connectivity index (χ2n) is 10.5. The molecule has 4 fully saturated rings. The summed E-state index contributed by atoms with van der Waals surface area (Å²) >= 11 is 0. The molecule has 5 heteroatoms. The molecule has 0 radical (unpaired) electrons. The number of aliphatic carboxylic acids is 1. The van der Waals surface area contributed by atoms with E-state index in [9.17, 15) is 9.90 Å². The van der Waals surface area contributed by atoms with Crippen LogP contribution in [-0.2, 0) is 14.9 Å². The highest BCUT2D eigenvalue weighted by Crippen LogP contribution is 2.62. The van der Waals surface area contributed by atoms with Crippen LogP contribution in [0.2, 0.25) is 0 Å². The third-order valence-electron chi connectivity index (χ3n) is 8.19. The fourth-order valence-electron chi connectivity index (χ4n) is 7.27. The van der Waals surface area contributed by atoms with Crippen LogP contribution < -0.4 is 14.6 Å². The highest BCUT2D eigenvalue weighted by atomic mass is 16.7. The molecule has 4 aliphatic carbocycles. The molecule has 2 aromatic rings. The van der Waals surface area contributed by atoms with Crippen molar-refractivity contribution in [3.63, 3.8) is 0 Å². The lowest BCUT2D eigenvalue weighted by Gasteiger charge is -2.57. The lowest BCUT2D eigenvalue weighted by atomic mass is 9.48. The molecular formula is C29H33O5-. The summed E-state index contributed by atoms with van der Waals surface area (Å²) in [6.45, 7) is 2.23. The summed E-state index contributed by atoms with van der Waals surface area (Å²) in [6.07, 6.45) is 10.5. The number of hydrogen-bond donors (Lipinski definition) is 0. The van der Waals surface area contributed by atoms with Crippen LogP contribution >= 0.6 is 0 Å². The SMILES string of the molecule is COCOc1ccc(/C=C/C(=O)[O-])cc1-c1cc(C23CC4CC(CC(C4)C2)C3)c(OC)cc1C. The van der Waals surface area contributed by atoms with E-state index in [0.717, 1.165) is 51.8 Å². The van der Waals surface area contributed by atoms with E-state index in [0.29, 0.717) is 5.75 Å². The van der Waals surface area contributed by atoms with Gasteiger partial charge in [-0.1, -0.05) is 12.1 Å². The Morgan fingerprint density at radius 1 is 1.00 bits per heavy atom. The summed E-state index contributed by atoms with van der Waals surface area (Å²) in [5.74, 6) is 2.97. The van der Waals surface area contributed by atoms with Crippen molar-refractivity contribution in [2.24, 2.45) is 17.8 Å². The van der Waals surface area contributed by atoms with E-state index in [1.54, 1.807) is 20.3 Å². The monoisotopic (exact) mass is 461 g/mol. The number of aryl methyl sites for hydroxylation is 1. The van der Waals surface area contributed by atoms with E-state index < -0.39 is 5.97 Å². The number of rotatable bonds is 8. The Morgan fingerprint density at radius 2 is 1.68 bits per heavy atom. The predicted octanol–water partition coefficient (Wildman–Crippen LogP) is 4.88. The molecule has 0 N–H and O–H groups in total. The zero-order valence-electron chi connectivity index (χ0n) is 20.3. The molecule has 0 aliphatic heterocycles. The molecule has 5 nitrogen and oxygen atoms in total. The van der Waals surface area contributed by atoms with Gasteiger partial charge in [-0.25, -0.2) is 0 Å². The molecule has 4 bridgehead atoms. The van der Waals surface area contributed by atoms with E-state index in [-0.39, 0.29) is 12.2 Å². The summed E-state index contributed by atoms with van der Waals surface area (Å²) in [6, 6.07) is 10.2. The predicted molar refractivity (Wildman–Crippen MR) is 130 cm³/mol. The lowest BCUT2D eigenvalue weighted by Crippen LogP contribution is -2.48. The van der Waals surface area contributed by atoms with Gasteiger partial charge in [-0.2, -0.15) is 0 Å². The Labute approximate surface area is 201 Å². The number of carbonyl (C=O) groups excluding carboxylic acids is 1. The van der Waals surface area contributed by atoms with Gasteiger partial charge in [-0.3, -0.25) is 0 Å². The quantitative estimate of drug-likeness (QED) is 0.414. The van der Waals surface area contributed by atoms with Crippen LogP contribution in [0.15, 0.2) is 36.4 Å². The molecule has 180 valence electrons. The first kappa shape index (κ1) is 23.0. The van der Waals surface area contributed by atoms with Gasteiger partial charge in [0.2, 0.25) is 0 Å². The Balaban J connectivity index is 1.63. The van der Waals surface area contributed by atoms with Crippen LogP contribution in [0.4, 0.5) is 0 Å². The Hall–Kier alpha value is -2.79. The van der Waals surface area contributed by atoms with Crippen LogP contribution in [0, 0.1) is 24.7 Å². The van der Waals surface area contributed by atoms with E-state index in [1.807, 2.05) is 18.2 Å². The van der Waals surface area contributed by atoms with E-state index in [4.69, 9.17) is 14.2 Å². The smallest absolute Gasteiger partial charge is 0.188 e. The van der Waals surface area contributed by atoms with Gasteiger partial charge in [-0.05, 0) is 116 Å². The molecule has 0 spiro atoms. The average molecular weight is 462 g/mol. The van der Waals surface area contributed by atoms with Crippen LogP contribution in [-0.4, -0.2) is 27.0 Å². The maximum atomic E-state index is 11.0. The van der Waals surface area contributed by atoms with Gasteiger partial charge in [0.1, 0.15) is 11.5 Å². The molecule has 0 atom stereocenters. The molecule has 2 aromatic carbocycles. The van der Waals surface area contributed by atoms with E-state index >= 15 is 0 Å². The highest BCUT2D eigenvalue weighted by molar-refractivity contribution is 5.85. The lowest BCUT2D eigenvalue weighted by molar-refractivity contribution is -0.297. The molecule has 0 aromatic heterocycles. The van der Waals surface area contributed by atoms with Crippen molar-refractivity contribution in [3.8, 4) is 22.6 Å². The van der Waals surface area contributed by atoms with Crippen molar-refractivity contribution in [3.05, 3.63) is 53.1 Å². The Bertz CT molecular complexity index is 1080. The molecule has 0 saturated heterocycles. The van der Waals surface area contributed by atoms with Gasteiger partial charge in [-0.15, -0.1) is 0 Å². The van der Waals surface area contributed by atoms with Crippen molar-refractivity contribution in [2.75, 3.05) is 21.0 Å². The molecular weight excluding hydrogens is 428 g/mol. The van der Waals surface area contributed by atoms with Gasteiger partial charge in [0.25, 0.3) is 0 Å². The van der Waals surface area contributed by atoms with Crippen molar-refractivity contribution >= 4 is 12.0 Å². The van der Waals surface area contributed by atoms with Gasteiger partial charge >= 0.3 is 0 Å². The van der Waals surface area contributed by atoms with Gasteiger partial charge in [0, 0.05) is 18.2 Å². The topological polar surface area (TPSA) is 67.8 Å². The maximum absolute atomic E-state index is 11.0. The second kappa shape index (κ2) is 9.10. The zero-order valence-corrected chi connectivity index (χ0v) is 20.3. The minimum atomic E-state index is -1.22. The second-order valence-corrected chi connectivity index (χ2v) is 10.5. The molecule has 6 rings (SSSR count). The number of methoxy groups -OCH3 is 2. The largest absolute Gasteiger partial charge is 0.545 e. The number of carboxylic acid groups (broad SMARTS) is 1. The van der Waals surface area contributed by atoms with Crippen molar-refractivity contribution in [1.82, 2.24) is 0 Å². The van der Waals surface area contributed by atoms with Gasteiger partial charge in [0.05, 0.1) is 13.1 Å². The zero-order chi connectivity index (χ0) is 23.9. The summed E-state index contributed by atoms with van der Waals surface area (Å²) in [5, 5.41) is 11.0. The number of benzene rings is 2. The molecule has 0 amide bonds. The normalized spacial score (nSPS) is 27.3. The van der Waals surface area contributed by atoms with Gasteiger partial charge < -0.3 is 24.1 Å². The number of carbonyl (C=O) groups is 1. The van der Waals surface area contributed by atoms with Crippen molar-refractivity contribution in [2.45, 2.75) is 50.9 Å². The molecule has 4 saturated carbocycles. The third kappa shape index (κ3) is 4.22. The van der Waals surface area contributed by atoms with E-state index in [2.05, 4.69) is 19.1 Å². The standard InChI is InChI=1S/C29H34O5/c1-18-8-27(33-3)25(29-14-20-9-21(15-29)11-22(10-20)16-29)13-23(18)24-12-19(5-7-28(30)31)4-6-26(24)34-17-32-2/h4-8,12-13,20-22H,9-11,14-17H2,1-3H3,(H,30,31)/p-1/b7-5+. The summed E-state index contributed by atoms with van der Waals surface area (Å²) in [7, 11) is 3.37. The molecule has 4 aliphatic rings. The van der Waals surface area contributed by atoms with Crippen LogP contribution in [0.3, 0.4) is 0 Å². The summed E-state index contributed by atoms with van der Waals surface area (Å²) < 4.78 is 17.0. The summed E-state index contributed by atoms with van der Waals surface area (Å²) in [4.78, 5) is 11.0. The first-order chi connectivity index (χ1) is 16.4. The highest BCUT2D eigenvalue weighted by Gasteiger charge is 2.52. The van der Waals surface area contributed by atoms with Crippen LogP contribution in [0.5, 0.6) is 11.5 Å².